The molecule has 1 aromatic heterocycles. The molecule has 2 aliphatic rings. The lowest BCUT2D eigenvalue weighted by molar-refractivity contribution is -0.113. The number of aromatic amines is 1. The van der Waals surface area contributed by atoms with Crippen LogP contribution in [-0.2, 0) is 16.8 Å². The second kappa shape index (κ2) is 6.12. The van der Waals surface area contributed by atoms with Crippen LogP contribution in [0.15, 0.2) is 43.2 Å². The zero-order valence-corrected chi connectivity index (χ0v) is 14.9. The van der Waals surface area contributed by atoms with Crippen LogP contribution in [0.4, 0.5) is 5.69 Å². The first kappa shape index (κ1) is 16.6. The van der Waals surface area contributed by atoms with Crippen molar-refractivity contribution in [3.05, 3.63) is 60.2 Å². The van der Waals surface area contributed by atoms with E-state index >= 15 is 0 Å². The monoisotopic (exact) mass is 350 g/mol. The molecule has 4 rings (SSSR count). The number of fused-ring (bicyclic) bond motifs is 2. The minimum Gasteiger partial charge on any atom is -0.348 e. The van der Waals surface area contributed by atoms with Gasteiger partial charge in [0, 0.05) is 37.0 Å². The molecule has 2 amide bonds. The maximum absolute atomic E-state index is 13.2. The van der Waals surface area contributed by atoms with Gasteiger partial charge in [-0.2, -0.15) is 0 Å². The molecule has 1 spiro atoms. The van der Waals surface area contributed by atoms with Gasteiger partial charge in [0.1, 0.15) is 0 Å². The molecule has 1 aliphatic carbocycles. The number of carbonyl (C=O) groups is 2. The van der Waals surface area contributed by atoms with Gasteiger partial charge in [0.2, 0.25) is 5.91 Å². The Kier molecular flexibility index (Phi) is 3.90. The van der Waals surface area contributed by atoms with E-state index in [9.17, 15) is 9.59 Å². The molecule has 1 saturated carbocycles. The molecule has 2 heterocycles. The van der Waals surface area contributed by atoms with Gasteiger partial charge < -0.3 is 14.8 Å². The molecule has 0 atom stereocenters. The smallest absolute Gasteiger partial charge is 0.254 e. The third-order valence-corrected chi connectivity index (χ3v) is 5.69. The van der Waals surface area contributed by atoms with Gasteiger partial charge in [0.15, 0.2) is 0 Å². The Bertz CT molecular complexity index is 864. The number of rotatable bonds is 3. The van der Waals surface area contributed by atoms with Crippen LogP contribution >= 0.6 is 0 Å². The highest BCUT2D eigenvalue weighted by molar-refractivity contribution is 6.01. The molecule has 0 saturated heterocycles. The number of hydrogen-bond donors (Lipinski definition) is 1. The van der Waals surface area contributed by atoms with Gasteiger partial charge in [0.05, 0.1) is 17.6 Å². The standard InChI is InChI=1S/C20H22N4O2/c1-3-17(25)23(2)15-7-5-14(6-8-15)19(26)24-12-9-16-18(22-13-21-16)20(24)10-4-11-20/h3,5-8,13H,1,4,9-12H2,2H3,(H,21,22). The number of nitrogens with zero attached hydrogens (tertiary/aromatic N) is 3. The van der Waals surface area contributed by atoms with E-state index < -0.39 is 0 Å². The second-order valence-electron chi connectivity index (χ2n) is 6.97. The zero-order valence-electron chi connectivity index (χ0n) is 14.9. The molecule has 0 unspecified atom stereocenters. The highest BCUT2D eigenvalue weighted by atomic mass is 16.2. The number of amides is 2. The summed E-state index contributed by atoms with van der Waals surface area (Å²) in [5.74, 6) is -0.151. The maximum atomic E-state index is 13.2. The van der Waals surface area contributed by atoms with E-state index in [0.29, 0.717) is 12.1 Å². The molecular formula is C20H22N4O2. The third kappa shape index (κ3) is 2.36. The molecule has 0 radical (unpaired) electrons. The summed E-state index contributed by atoms with van der Waals surface area (Å²) in [5.41, 5.74) is 3.32. The van der Waals surface area contributed by atoms with Crippen molar-refractivity contribution in [3.8, 4) is 0 Å². The van der Waals surface area contributed by atoms with Gasteiger partial charge >= 0.3 is 0 Å². The largest absolute Gasteiger partial charge is 0.348 e. The van der Waals surface area contributed by atoms with Crippen molar-refractivity contribution in [3.63, 3.8) is 0 Å². The Hall–Kier alpha value is -2.89. The summed E-state index contributed by atoms with van der Waals surface area (Å²) >= 11 is 0. The van der Waals surface area contributed by atoms with Gasteiger partial charge in [-0.3, -0.25) is 9.59 Å². The van der Waals surface area contributed by atoms with Crippen LogP contribution in [0, 0.1) is 0 Å². The summed E-state index contributed by atoms with van der Waals surface area (Å²) in [6.07, 6.45) is 6.85. The van der Waals surface area contributed by atoms with E-state index in [1.54, 1.807) is 37.6 Å². The number of H-pyrrole nitrogens is 1. The predicted molar refractivity (Wildman–Crippen MR) is 98.9 cm³/mol. The number of nitrogens with one attached hydrogen (secondary N) is 1. The van der Waals surface area contributed by atoms with Crippen LogP contribution in [0.25, 0.3) is 0 Å². The average molecular weight is 350 g/mol. The van der Waals surface area contributed by atoms with Crippen molar-refractivity contribution in [2.45, 2.75) is 31.2 Å². The van der Waals surface area contributed by atoms with Crippen molar-refractivity contribution in [2.75, 3.05) is 18.5 Å². The number of imidazole rings is 1. The summed E-state index contributed by atoms with van der Waals surface area (Å²) < 4.78 is 0. The molecule has 1 aliphatic heterocycles. The van der Waals surface area contributed by atoms with Crippen molar-refractivity contribution >= 4 is 17.5 Å². The van der Waals surface area contributed by atoms with Gasteiger partial charge in [-0.25, -0.2) is 4.98 Å². The molecule has 2 aromatic rings. The van der Waals surface area contributed by atoms with Crippen LogP contribution in [0.3, 0.4) is 0 Å². The summed E-state index contributed by atoms with van der Waals surface area (Å²) in [4.78, 5) is 36.2. The lowest BCUT2D eigenvalue weighted by Crippen LogP contribution is -2.57. The van der Waals surface area contributed by atoms with E-state index in [2.05, 4.69) is 16.5 Å². The van der Waals surface area contributed by atoms with E-state index in [0.717, 1.165) is 42.8 Å². The fourth-order valence-electron chi connectivity index (χ4n) is 4.04. The van der Waals surface area contributed by atoms with Gasteiger partial charge in [0.25, 0.3) is 5.91 Å². The first-order valence-electron chi connectivity index (χ1n) is 8.92. The van der Waals surface area contributed by atoms with E-state index in [4.69, 9.17) is 0 Å². The first-order chi connectivity index (χ1) is 12.6. The van der Waals surface area contributed by atoms with Crippen LogP contribution in [0.1, 0.15) is 41.0 Å². The molecule has 6 nitrogen and oxygen atoms in total. The van der Waals surface area contributed by atoms with Crippen LogP contribution in [0.5, 0.6) is 0 Å². The Morgan fingerprint density at radius 3 is 2.65 bits per heavy atom. The van der Waals surface area contributed by atoms with Crippen molar-refractivity contribution in [2.24, 2.45) is 0 Å². The molecule has 0 bridgehead atoms. The van der Waals surface area contributed by atoms with Crippen LogP contribution < -0.4 is 4.90 Å². The number of hydrogen-bond acceptors (Lipinski definition) is 3. The van der Waals surface area contributed by atoms with Crippen molar-refractivity contribution in [1.29, 1.82) is 0 Å². The number of anilines is 1. The van der Waals surface area contributed by atoms with Gasteiger partial charge in [-0.05, 0) is 49.6 Å². The van der Waals surface area contributed by atoms with Crippen LogP contribution in [0.2, 0.25) is 0 Å². The minimum atomic E-state index is -0.251. The highest BCUT2D eigenvalue weighted by Gasteiger charge is 2.51. The number of aromatic nitrogens is 2. The number of benzene rings is 1. The van der Waals surface area contributed by atoms with Crippen molar-refractivity contribution in [1.82, 2.24) is 14.9 Å². The molecule has 1 aromatic carbocycles. The molecule has 26 heavy (non-hydrogen) atoms. The third-order valence-electron chi connectivity index (χ3n) is 5.69. The molecule has 134 valence electrons. The van der Waals surface area contributed by atoms with E-state index in [1.807, 2.05) is 4.90 Å². The zero-order chi connectivity index (χ0) is 18.3. The summed E-state index contributed by atoms with van der Waals surface area (Å²) in [5, 5.41) is 0. The minimum absolute atomic E-state index is 0.0302. The lowest BCUT2D eigenvalue weighted by atomic mass is 9.70. The Labute approximate surface area is 152 Å². The molecular weight excluding hydrogens is 328 g/mol. The van der Waals surface area contributed by atoms with Crippen molar-refractivity contribution < 1.29 is 9.59 Å². The van der Waals surface area contributed by atoms with Gasteiger partial charge in [-0.1, -0.05) is 6.58 Å². The van der Waals surface area contributed by atoms with Crippen LogP contribution in [-0.4, -0.2) is 40.3 Å². The second-order valence-corrected chi connectivity index (χ2v) is 6.97. The SMILES string of the molecule is C=CC(=O)N(C)c1ccc(C(=O)N2CCc3[nH]cnc3C23CCC3)cc1. The lowest BCUT2D eigenvalue weighted by Gasteiger charge is -2.52. The Morgan fingerprint density at radius 1 is 1.31 bits per heavy atom. The molecule has 6 heteroatoms. The topological polar surface area (TPSA) is 69.3 Å². The summed E-state index contributed by atoms with van der Waals surface area (Å²) in [6.45, 7) is 4.20. The quantitative estimate of drug-likeness (QED) is 0.865. The highest BCUT2D eigenvalue weighted by Crippen LogP contribution is 2.49. The number of carbonyl (C=O) groups excluding carboxylic acids is 2. The van der Waals surface area contributed by atoms with Gasteiger partial charge in [-0.15, -0.1) is 0 Å². The molecule has 1 N–H and O–H groups in total. The number of likely N-dealkylation sites (N-methyl/N-ethyl adjacent to an activating group) is 1. The average Bonchev–Trinajstić information content (AvgIpc) is 3.13. The fourth-order valence-corrected chi connectivity index (χ4v) is 4.04. The van der Waals surface area contributed by atoms with E-state index in [-0.39, 0.29) is 17.4 Å². The predicted octanol–water partition coefficient (Wildman–Crippen LogP) is 2.64. The Morgan fingerprint density at radius 2 is 2.04 bits per heavy atom. The van der Waals surface area contributed by atoms with E-state index in [1.165, 1.54) is 11.0 Å². The summed E-state index contributed by atoms with van der Waals surface area (Å²) in [6, 6.07) is 7.17. The fraction of sp³-hybridized carbons (Fsp3) is 0.350. The normalized spacial score (nSPS) is 17.3. The maximum Gasteiger partial charge on any atom is 0.254 e. The first-order valence-corrected chi connectivity index (χ1v) is 8.92. The summed E-state index contributed by atoms with van der Waals surface area (Å²) in [7, 11) is 1.69. The Balaban J connectivity index is 1.60. The molecule has 1 fully saturated rings.